The van der Waals surface area contributed by atoms with Crippen molar-refractivity contribution >= 4 is 56.4 Å². The number of sulfonamides is 1. The first-order valence-corrected chi connectivity index (χ1v) is 19.5. The summed E-state index contributed by atoms with van der Waals surface area (Å²) in [4.78, 5) is 34.8. The Labute approximate surface area is 299 Å². The number of carbonyl (C=O) groups is 2. The molecule has 0 spiro atoms. The lowest BCUT2D eigenvalue weighted by Gasteiger charge is -2.36. The fourth-order valence-corrected chi connectivity index (χ4v) is 8.31. The Morgan fingerprint density at radius 1 is 0.735 bits per heavy atom. The second kappa shape index (κ2) is 15.7. The van der Waals surface area contributed by atoms with E-state index in [-0.39, 0.29) is 18.2 Å². The van der Waals surface area contributed by atoms with E-state index < -0.39 is 10.0 Å². The maximum Gasteiger partial charge on any atom is 0.251 e. The van der Waals surface area contributed by atoms with Crippen molar-refractivity contribution < 1.29 is 18.0 Å². The van der Waals surface area contributed by atoms with Crippen LogP contribution in [0.2, 0.25) is 10.0 Å². The van der Waals surface area contributed by atoms with E-state index in [0.29, 0.717) is 86.6 Å². The lowest BCUT2D eigenvalue weighted by atomic mass is 10.1. The summed E-state index contributed by atoms with van der Waals surface area (Å²) in [5, 5.41) is 3.97. The van der Waals surface area contributed by atoms with Crippen LogP contribution in [0.15, 0.2) is 60.7 Å². The van der Waals surface area contributed by atoms with Crippen LogP contribution < -0.4 is 15.1 Å². The van der Waals surface area contributed by atoms with Crippen LogP contribution >= 0.6 is 23.2 Å². The minimum absolute atomic E-state index is 0.0221. The molecule has 1 N–H and O–H groups in total. The van der Waals surface area contributed by atoms with E-state index in [1.807, 2.05) is 47.4 Å². The zero-order valence-corrected chi connectivity index (χ0v) is 30.2. The summed E-state index contributed by atoms with van der Waals surface area (Å²) in [6.07, 6.45) is 3.81. The molecule has 6 rings (SSSR count). The predicted octanol–water partition coefficient (Wildman–Crippen LogP) is 4.49. The average Bonchev–Trinajstić information content (AvgIpc) is 3.64. The summed E-state index contributed by atoms with van der Waals surface area (Å²) in [5.74, 6) is -0.127. The van der Waals surface area contributed by atoms with Crippen molar-refractivity contribution in [3.63, 3.8) is 0 Å². The molecule has 262 valence electrons. The number of nitrogens with zero attached hydrogens (tertiary/aromatic N) is 5. The molecule has 0 radical (unpaired) electrons. The molecular formula is C36H44Cl2N6O4S. The van der Waals surface area contributed by atoms with Crippen molar-refractivity contribution in [3.05, 3.63) is 93.0 Å². The van der Waals surface area contributed by atoms with Gasteiger partial charge in [-0.15, -0.1) is 0 Å². The fourth-order valence-electron chi connectivity index (χ4n) is 6.82. The van der Waals surface area contributed by atoms with Crippen LogP contribution in [-0.4, -0.2) is 106 Å². The van der Waals surface area contributed by atoms with E-state index >= 15 is 0 Å². The summed E-state index contributed by atoms with van der Waals surface area (Å²) in [6, 6.07) is 19.7. The minimum Gasteiger partial charge on any atom is -0.372 e. The molecular weight excluding hydrogens is 683 g/mol. The third-order valence-electron chi connectivity index (χ3n) is 9.70. The topological polar surface area (TPSA) is 96.5 Å². The van der Waals surface area contributed by atoms with Gasteiger partial charge >= 0.3 is 0 Å². The summed E-state index contributed by atoms with van der Waals surface area (Å²) < 4.78 is 25.1. The van der Waals surface area contributed by atoms with Crippen LogP contribution in [0.4, 0.5) is 11.4 Å². The molecule has 0 bridgehead atoms. The molecule has 10 nitrogen and oxygen atoms in total. The molecule has 13 heteroatoms. The third kappa shape index (κ3) is 9.07. The Morgan fingerprint density at radius 2 is 1.37 bits per heavy atom. The van der Waals surface area contributed by atoms with Crippen LogP contribution in [0, 0.1) is 0 Å². The molecule has 3 aromatic carbocycles. The SMILES string of the molecule is CS(=O)(=O)N1CCN(Cc2cc(Cl)c(CC(=O)N3CCN(c4ccc(C(=O)NCc5cccc(N6CCCC6)c5)cc4)CC3)c(Cl)c2)CC1. The Hall–Kier alpha value is -3.35. The minimum atomic E-state index is -3.18. The molecule has 3 aromatic rings. The van der Waals surface area contributed by atoms with E-state index in [1.165, 1.54) is 29.1 Å². The summed E-state index contributed by atoms with van der Waals surface area (Å²) in [5.41, 5.74) is 5.48. The summed E-state index contributed by atoms with van der Waals surface area (Å²) >= 11 is 13.3. The van der Waals surface area contributed by atoms with Crippen molar-refractivity contribution in [1.82, 2.24) is 19.4 Å². The van der Waals surface area contributed by atoms with Gasteiger partial charge < -0.3 is 20.0 Å². The van der Waals surface area contributed by atoms with Crippen molar-refractivity contribution in [2.24, 2.45) is 0 Å². The number of hydrogen-bond acceptors (Lipinski definition) is 7. The highest BCUT2D eigenvalue weighted by atomic mass is 35.5. The fraction of sp³-hybridized carbons (Fsp3) is 0.444. The quantitative estimate of drug-likeness (QED) is 0.329. The zero-order chi connectivity index (χ0) is 34.5. The molecule has 0 saturated carbocycles. The number of hydrogen-bond donors (Lipinski definition) is 1. The van der Waals surface area contributed by atoms with Crippen molar-refractivity contribution in [2.45, 2.75) is 32.4 Å². The second-order valence-corrected chi connectivity index (χ2v) is 15.9. The van der Waals surface area contributed by atoms with E-state index in [2.05, 4.69) is 38.2 Å². The van der Waals surface area contributed by atoms with Gasteiger partial charge in [-0.2, -0.15) is 4.31 Å². The molecule has 49 heavy (non-hydrogen) atoms. The van der Waals surface area contributed by atoms with Gasteiger partial charge in [0.1, 0.15) is 0 Å². The molecule has 3 aliphatic heterocycles. The normalized spacial score (nSPS) is 17.8. The van der Waals surface area contributed by atoms with E-state index in [9.17, 15) is 18.0 Å². The summed E-state index contributed by atoms with van der Waals surface area (Å²) in [7, 11) is -3.18. The lowest BCUT2D eigenvalue weighted by molar-refractivity contribution is -0.130. The highest BCUT2D eigenvalue weighted by molar-refractivity contribution is 7.88. The Balaban J connectivity index is 0.960. The molecule has 3 saturated heterocycles. The number of rotatable bonds is 10. The van der Waals surface area contributed by atoms with Gasteiger partial charge in [0, 0.05) is 106 Å². The predicted molar refractivity (Wildman–Crippen MR) is 196 cm³/mol. The van der Waals surface area contributed by atoms with E-state index in [4.69, 9.17) is 23.2 Å². The second-order valence-electron chi connectivity index (χ2n) is 13.1. The van der Waals surface area contributed by atoms with Gasteiger partial charge in [-0.1, -0.05) is 35.3 Å². The Kier molecular flexibility index (Phi) is 11.4. The van der Waals surface area contributed by atoms with Crippen molar-refractivity contribution in [2.75, 3.05) is 81.5 Å². The maximum absolute atomic E-state index is 13.3. The van der Waals surface area contributed by atoms with Gasteiger partial charge in [-0.05, 0) is 78.1 Å². The standard InChI is InChI=1S/C36H44Cl2N6O4S/c1-49(47,48)44-19-13-40(14-20-44)26-28-22-33(37)32(34(38)23-28)24-35(45)43-17-15-42(16-18-43)30-9-7-29(8-10-30)36(46)39-25-27-5-4-6-31(21-27)41-11-2-3-12-41/h4-10,21-23H,2-3,11-20,24-26H2,1H3,(H,39,46). The van der Waals surface area contributed by atoms with Gasteiger partial charge in [0.25, 0.3) is 5.91 Å². The first-order valence-electron chi connectivity index (χ1n) is 16.9. The first-order chi connectivity index (χ1) is 23.5. The number of piperazine rings is 2. The van der Waals surface area contributed by atoms with E-state index in [1.54, 1.807) is 0 Å². The smallest absolute Gasteiger partial charge is 0.251 e. The van der Waals surface area contributed by atoms with Crippen LogP contribution in [-0.2, 0) is 34.3 Å². The van der Waals surface area contributed by atoms with Gasteiger partial charge in [0.15, 0.2) is 0 Å². The highest BCUT2D eigenvalue weighted by Crippen LogP contribution is 2.29. The number of amides is 2. The molecule has 3 heterocycles. The molecule has 2 amide bonds. The molecule has 0 aromatic heterocycles. The molecule has 0 unspecified atom stereocenters. The van der Waals surface area contributed by atoms with Crippen LogP contribution in [0.5, 0.6) is 0 Å². The Bertz CT molecular complexity index is 1730. The highest BCUT2D eigenvalue weighted by Gasteiger charge is 2.26. The van der Waals surface area contributed by atoms with Crippen molar-refractivity contribution in [1.29, 1.82) is 0 Å². The van der Waals surface area contributed by atoms with Crippen LogP contribution in [0.1, 0.15) is 39.9 Å². The molecule has 3 aliphatic rings. The third-order valence-corrected chi connectivity index (χ3v) is 11.7. The molecule has 0 atom stereocenters. The number of halogens is 2. The molecule has 3 fully saturated rings. The Morgan fingerprint density at radius 3 is 2.00 bits per heavy atom. The number of nitrogens with one attached hydrogen (secondary N) is 1. The lowest BCUT2D eigenvalue weighted by Crippen LogP contribution is -2.49. The van der Waals surface area contributed by atoms with Gasteiger partial charge in [0.2, 0.25) is 15.9 Å². The largest absolute Gasteiger partial charge is 0.372 e. The first kappa shape index (κ1) is 35.5. The van der Waals surface area contributed by atoms with Crippen molar-refractivity contribution in [3.8, 4) is 0 Å². The van der Waals surface area contributed by atoms with Gasteiger partial charge in [-0.3, -0.25) is 14.5 Å². The molecule has 0 aliphatic carbocycles. The van der Waals surface area contributed by atoms with Crippen LogP contribution in [0.3, 0.4) is 0 Å². The number of benzene rings is 3. The van der Waals surface area contributed by atoms with E-state index in [0.717, 1.165) is 29.9 Å². The van der Waals surface area contributed by atoms with Crippen LogP contribution in [0.25, 0.3) is 0 Å². The average molecular weight is 728 g/mol. The maximum atomic E-state index is 13.3. The monoisotopic (exact) mass is 726 g/mol. The zero-order valence-electron chi connectivity index (χ0n) is 27.9. The van der Waals surface area contributed by atoms with Gasteiger partial charge in [0.05, 0.1) is 12.7 Å². The number of carbonyl (C=O) groups excluding carboxylic acids is 2. The number of anilines is 2. The summed E-state index contributed by atoms with van der Waals surface area (Å²) in [6.45, 7) is 7.93. The van der Waals surface area contributed by atoms with Gasteiger partial charge in [-0.25, -0.2) is 8.42 Å².